The van der Waals surface area contributed by atoms with Crippen LogP contribution in [0.2, 0.25) is 0 Å². The summed E-state index contributed by atoms with van der Waals surface area (Å²) in [5.74, 6) is 0.859. The first kappa shape index (κ1) is 16.9. The maximum atomic E-state index is 10.7. The Bertz CT molecular complexity index is 820. The van der Waals surface area contributed by atoms with Gasteiger partial charge in [-0.2, -0.15) is 0 Å². The van der Waals surface area contributed by atoms with Crippen LogP contribution in [-0.2, 0) is 29.2 Å². The maximum Gasteiger partial charge on any atom is 0.404 e. The van der Waals surface area contributed by atoms with Crippen LogP contribution in [0.4, 0.5) is 4.79 Å². The van der Waals surface area contributed by atoms with E-state index in [4.69, 9.17) is 14.6 Å². The first-order chi connectivity index (χ1) is 12.1. The van der Waals surface area contributed by atoms with Crippen LogP contribution in [0.1, 0.15) is 29.6 Å². The summed E-state index contributed by atoms with van der Waals surface area (Å²) < 4.78 is 10.9. The first-order valence-corrected chi connectivity index (χ1v) is 7.94. The number of amides is 1. The summed E-state index contributed by atoms with van der Waals surface area (Å²) in [7, 11) is 0. The Kier molecular flexibility index (Phi) is 4.95. The van der Waals surface area contributed by atoms with E-state index in [0.29, 0.717) is 31.4 Å². The summed E-state index contributed by atoms with van der Waals surface area (Å²) >= 11 is 0. The van der Waals surface area contributed by atoms with Gasteiger partial charge in [-0.3, -0.25) is 0 Å². The number of nitrogens with zero attached hydrogens (tertiary/aromatic N) is 2. The Labute approximate surface area is 145 Å². The lowest BCUT2D eigenvalue weighted by Gasteiger charge is -2.12. The quantitative estimate of drug-likeness (QED) is 0.785. The molecule has 25 heavy (non-hydrogen) atoms. The molecule has 3 rings (SSSR count). The summed E-state index contributed by atoms with van der Waals surface area (Å²) in [5, 5.41) is 11.1. The summed E-state index contributed by atoms with van der Waals surface area (Å²) in [6.45, 7) is 7.35. The number of aromatic nitrogens is 2. The average Bonchev–Trinajstić information content (AvgIpc) is 3.08. The van der Waals surface area contributed by atoms with Crippen LogP contribution in [0.15, 0.2) is 30.8 Å². The monoisotopic (exact) mass is 341 g/mol. The maximum absolute atomic E-state index is 10.7. The van der Waals surface area contributed by atoms with E-state index in [1.165, 1.54) is 0 Å². The zero-order valence-electron chi connectivity index (χ0n) is 13.9. The second-order valence-electron chi connectivity index (χ2n) is 5.53. The van der Waals surface area contributed by atoms with Gasteiger partial charge in [0.2, 0.25) is 0 Å². The molecule has 2 N–H and O–H groups in total. The number of carboxylic acid groups (broad SMARTS) is 1. The van der Waals surface area contributed by atoms with Crippen molar-refractivity contribution < 1.29 is 19.4 Å². The molecule has 7 nitrogen and oxygen atoms in total. The van der Waals surface area contributed by atoms with Crippen molar-refractivity contribution in [3.63, 3.8) is 0 Å². The van der Waals surface area contributed by atoms with Gasteiger partial charge in [-0.05, 0) is 18.6 Å². The highest BCUT2D eigenvalue weighted by atomic mass is 16.5. The van der Waals surface area contributed by atoms with Crippen LogP contribution in [-0.4, -0.2) is 27.8 Å². The topological polar surface area (TPSA) is 93.6 Å². The van der Waals surface area contributed by atoms with Crippen LogP contribution >= 0.6 is 0 Å². The number of rotatable bonds is 6. The van der Waals surface area contributed by atoms with Gasteiger partial charge in [0, 0.05) is 17.7 Å². The Hall–Kier alpha value is -2.93. The van der Waals surface area contributed by atoms with Crippen molar-refractivity contribution in [3.05, 3.63) is 53.5 Å². The normalized spacial score (nSPS) is 12.5. The molecule has 0 atom stereocenters. The number of hydrogen-bond donors (Lipinski definition) is 2. The molecule has 2 aromatic rings. The number of benzene rings is 1. The van der Waals surface area contributed by atoms with Gasteiger partial charge in [-0.25, -0.2) is 14.8 Å². The minimum Gasteiger partial charge on any atom is -0.491 e. The molecule has 1 aromatic heterocycles. The largest absolute Gasteiger partial charge is 0.491 e. The third-order valence-electron chi connectivity index (χ3n) is 3.79. The van der Waals surface area contributed by atoms with E-state index in [1.54, 1.807) is 0 Å². The molecule has 0 spiro atoms. The Morgan fingerprint density at radius 3 is 3.00 bits per heavy atom. The standard InChI is InChI=1S/C18H19N3O4/c1-3-25-11(2)17-20-15-10-24-9-14(15)16(21-17)13-6-4-5-12(7-13)8-19-18(22)23/h4-7,19H,2-3,8-10H2,1H3,(H,22,23). The molecule has 0 saturated heterocycles. The first-order valence-electron chi connectivity index (χ1n) is 7.94. The van der Waals surface area contributed by atoms with Gasteiger partial charge in [0.1, 0.15) is 0 Å². The van der Waals surface area contributed by atoms with Gasteiger partial charge in [0.05, 0.1) is 31.2 Å². The van der Waals surface area contributed by atoms with Crippen LogP contribution in [0, 0.1) is 0 Å². The van der Waals surface area contributed by atoms with E-state index in [2.05, 4.69) is 21.9 Å². The highest BCUT2D eigenvalue weighted by molar-refractivity contribution is 5.68. The van der Waals surface area contributed by atoms with Crippen LogP contribution < -0.4 is 5.32 Å². The average molecular weight is 341 g/mol. The number of nitrogens with one attached hydrogen (secondary N) is 1. The smallest absolute Gasteiger partial charge is 0.404 e. The number of hydrogen-bond acceptors (Lipinski definition) is 5. The number of fused-ring (bicyclic) bond motifs is 1. The van der Waals surface area contributed by atoms with Crippen LogP contribution in [0.3, 0.4) is 0 Å². The van der Waals surface area contributed by atoms with Crippen molar-refractivity contribution in [3.8, 4) is 11.3 Å². The summed E-state index contributed by atoms with van der Waals surface area (Å²) in [4.78, 5) is 19.8. The highest BCUT2D eigenvalue weighted by Gasteiger charge is 2.22. The molecule has 7 heteroatoms. The second-order valence-corrected chi connectivity index (χ2v) is 5.53. The second kappa shape index (κ2) is 7.31. The molecular formula is C18H19N3O4. The minimum absolute atomic E-state index is 0.228. The molecule has 0 saturated carbocycles. The summed E-state index contributed by atoms with van der Waals surface area (Å²) in [6, 6.07) is 7.56. The van der Waals surface area contributed by atoms with Gasteiger partial charge in [0.25, 0.3) is 0 Å². The van der Waals surface area contributed by atoms with E-state index in [9.17, 15) is 4.79 Å². The molecular weight excluding hydrogens is 322 g/mol. The molecule has 0 fully saturated rings. The predicted molar refractivity (Wildman–Crippen MR) is 91.5 cm³/mol. The molecule has 1 aromatic carbocycles. The van der Waals surface area contributed by atoms with E-state index in [0.717, 1.165) is 28.1 Å². The van der Waals surface area contributed by atoms with Crippen molar-refractivity contribution in [1.82, 2.24) is 15.3 Å². The van der Waals surface area contributed by atoms with Crippen molar-refractivity contribution in [2.24, 2.45) is 0 Å². The van der Waals surface area contributed by atoms with Crippen molar-refractivity contribution >= 4 is 11.9 Å². The number of carbonyl (C=O) groups is 1. The molecule has 0 unspecified atom stereocenters. The molecule has 130 valence electrons. The summed E-state index contributed by atoms with van der Waals surface area (Å²) in [5.41, 5.74) is 4.25. The molecule has 1 amide bonds. The lowest BCUT2D eigenvalue weighted by atomic mass is 10.0. The van der Waals surface area contributed by atoms with Crippen LogP contribution in [0.5, 0.6) is 0 Å². The Balaban J connectivity index is 2.00. The fraction of sp³-hybridized carbons (Fsp3) is 0.278. The van der Waals surface area contributed by atoms with Gasteiger partial charge >= 0.3 is 6.09 Å². The zero-order valence-corrected chi connectivity index (χ0v) is 13.9. The van der Waals surface area contributed by atoms with E-state index < -0.39 is 6.09 Å². The molecule has 0 aliphatic carbocycles. The Morgan fingerprint density at radius 1 is 1.40 bits per heavy atom. The predicted octanol–water partition coefficient (Wildman–Crippen LogP) is 2.95. The van der Waals surface area contributed by atoms with E-state index in [-0.39, 0.29) is 6.54 Å². The lowest BCUT2D eigenvalue weighted by molar-refractivity contribution is 0.133. The van der Waals surface area contributed by atoms with E-state index >= 15 is 0 Å². The van der Waals surface area contributed by atoms with Crippen molar-refractivity contribution in [2.45, 2.75) is 26.7 Å². The fourth-order valence-electron chi connectivity index (χ4n) is 2.66. The zero-order chi connectivity index (χ0) is 17.8. The van der Waals surface area contributed by atoms with Crippen LogP contribution in [0.25, 0.3) is 17.0 Å². The number of ether oxygens (including phenoxy) is 2. The van der Waals surface area contributed by atoms with Gasteiger partial charge < -0.3 is 19.9 Å². The summed E-state index contributed by atoms with van der Waals surface area (Å²) in [6.07, 6.45) is -1.06. The third-order valence-corrected chi connectivity index (χ3v) is 3.79. The lowest BCUT2D eigenvalue weighted by Crippen LogP contribution is -2.19. The van der Waals surface area contributed by atoms with Gasteiger partial charge in [-0.15, -0.1) is 0 Å². The molecule has 1 aliphatic rings. The van der Waals surface area contributed by atoms with Crippen molar-refractivity contribution in [2.75, 3.05) is 6.61 Å². The molecule has 1 aliphatic heterocycles. The molecule has 0 bridgehead atoms. The van der Waals surface area contributed by atoms with E-state index in [1.807, 2.05) is 31.2 Å². The Morgan fingerprint density at radius 2 is 2.24 bits per heavy atom. The van der Waals surface area contributed by atoms with Gasteiger partial charge in [0.15, 0.2) is 11.6 Å². The highest BCUT2D eigenvalue weighted by Crippen LogP contribution is 2.30. The third kappa shape index (κ3) is 3.77. The fourth-order valence-corrected chi connectivity index (χ4v) is 2.66. The minimum atomic E-state index is -1.06. The molecule has 0 radical (unpaired) electrons. The SMILES string of the molecule is C=C(OCC)c1nc2c(c(-c3cccc(CNC(=O)O)c3)n1)COC2. The van der Waals surface area contributed by atoms with Crippen molar-refractivity contribution in [1.29, 1.82) is 0 Å². The van der Waals surface area contributed by atoms with Gasteiger partial charge in [-0.1, -0.05) is 24.8 Å². The molecule has 2 heterocycles.